The van der Waals surface area contributed by atoms with Gasteiger partial charge in [0.05, 0.1) is 4.90 Å². The molecule has 2 N–H and O–H groups in total. The molecule has 0 aliphatic heterocycles. The van der Waals surface area contributed by atoms with Gasteiger partial charge in [0.1, 0.15) is 11.4 Å². The molecule has 2 aromatic heterocycles. The number of amides is 1. The summed E-state index contributed by atoms with van der Waals surface area (Å²) in [7, 11) is -3.87. The van der Waals surface area contributed by atoms with Crippen molar-refractivity contribution in [1.29, 1.82) is 0 Å². The Hall–Kier alpha value is -4.42. The quantitative estimate of drug-likeness (QED) is 0.256. The van der Waals surface area contributed by atoms with Crippen molar-refractivity contribution < 1.29 is 13.2 Å². The second-order valence-corrected chi connectivity index (χ2v) is 11.5. The minimum atomic E-state index is -3.87. The normalized spacial score (nSPS) is 11.8. The van der Waals surface area contributed by atoms with Gasteiger partial charge < -0.3 is 5.32 Å². The van der Waals surface area contributed by atoms with E-state index in [-0.39, 0.29) is 23.2 Å². The second-order valence-electron chi connectivity index (χ2n) is 8.80. The minimum Gasteiger partial charge on any atom is -0.326 e. The third kappa shape index (κ3) is 5.03. The summed E-state index contributed by atoms with van der Waals surface area (Å²) < 4.78 is 27.6. The van der Waals surface area contributed by atoms with Crippen LogP contribution in [0.2, 0.25) is 0 Å². The number of sulfonamides is 1. The van der Waals surface area contributed by atoms with Gasteiger partial charge in [-0.2, -0.15) is 0 Å². The average molecular weight is 556 g/mol. The Morgan fingerprint density at radius 3 is 2.38 bits per heavy atom. The van der Waals surface area contributed by atoms with Crippen molar-refractivity contribution in [2.75, 3.05) is 15.8 Å². The molecule has 5 aromatic rings. The van der Waals surface area contributed by atoms with Crippen LogP contribution in [0.3, 0.4) is 0 Å². The van der Waals surface area contributed by atoms with Crippen LogP contribution in [0.15, 0.2) is 83.0 Å². The molecule has 0 bridgehead atoms. The molecule has 194 valence electrons. The zero-order chi connectivity index (χ0) is 27.0. The predicted molar refractivity (Wildman–Crippen MR) is 150 cm³/mol. The van der Waals surface area contributed by atoms with Crippen molar-refractivity contribution in [1.82, 2.24) is 25.1 Å². The molecule has 0 radical (unpaired) electrons. The summed E-state index contributed by atoms with van der Waals surface area (Å²) in [6.45, 7) is 1.74. The molecule has 3 aromatic carbocycles. The van der Waals surface area contributed by atoms with E-state index < -0.39 is 10.0 Å². The van der Waals surface area contributed by atoms with Gasteiger partial charge in [0.2, 0.25) is 17.0 Å². The Balaban J connectivity index is 1.05. The van der Waals surface area contributed by atoms with Gasteiger partial charge in [0, 0.05) is 46.3 Å². The van der Waals surface area contributed by atoms with E-state index >= 15 is 0 Å². The van der Waals surface area contributed by atoms with E-state index in [0.29, 0.717) is 22.3 Å². The number of carbonyl (C=O) groups is 1. The van der Waals surface area contributed by atoms with Gasteiger partial charge >= 0.3 is 0 Å². The smallest absolute Gasteiger partial charge is 0.264 e. The number of rotatable bonds is 8. The highest BCUT2D eigenvalue weighted by molar-refractivity contribution is 7.99. The van der Waals surface area contributed by atoms with Gasteiger partial charge in [-0.3, -0.25) is 4.79 Å². The number of hydrogen-bond acceptors (Lipinski definition) is 9. The molecule has 0 saturated heterocycles. The molecule has 0 fully saturated rings. The number of aryl methyl sites for hydroxylation is 1. The highest BCUT2D eigenvalue weighted by Crippen LogP contribution is 2.44. The number of nitrogens with one attached hydrogen (secondary N) is 2. The first-order valence-corrected chi connectivity index (χ1v) is 14.5. The number of nitrogens with zero attached hydrogens (tertiary/aromatic N) is 5. The molecular weight excluding hydrogens is 534 g/mol. The minimum absolute atomic E-state index is 0.00554. The van der Waals surface area contributed by atoms with Crippen LogP contribution in [0.5, 0.6) is 0 Å². The molecule has 0 atom stereocenters. The van der Waals surface area contributed by atoms with E-state index in [2.05, 4.69) is 42.3 Å². The molecule has 0 unspecified atom stereocenters. The second kappa shape index (κ2) is 10.0. The fraction of sp³-hybridized carbons (Fsp3) is 0.111. The summed E-state index contributed by atoms with van der Waals surface area (Å²) in [6, 6.07) is 19.8. The van der Waals surface area contributed by atoms with Crippen molar-refractivity contribution in [3.63, 3.8) is 0 Å². The van der Waals surface area contributed by atoms with Crippen LogP contribution in [0.1, 0.15) is 12.1 Å². The summed E-state index contributed by atoms with van der Waals surface area (Å²) in [6.07, 6.45) is 1.69. The van der Waals surface area contributed by atoms with E-state index in [9.17, 15) is 13.2 Å². The molecule has 1 aliphatic rings. The van der Waals surface area contributed by atoms with Crippen LogP contribution in [0.25, 0.3) is 33.3 Å². The van der Waals surface area contributed by atoms with Gasteiger partial charge in [0.15, 0.2) is 0 Å². The summed E-state index contributed by atoms with van der Waals surface area (Å²) in [4.78, 5) is 25.2. The third-order valence-electron chi connectivity index (χ3n) is 6.11. The Kier molecular flexibility index (Phi) is 6.41. The first-order chi connectivity index (χ1) is 18.9. The van der Waals surface area contributed by atoms with Crippen LogP contribution < -0.4 is 10.0 Å². The van der Waals surface area contributed by atoms with Crippen LogP contribution in [-0.2, 0) is 14.8 Å². The fourth-order valence-electron chi connectivity index (χ4n) is 4.33. The van der Waals surface area contributed by atoms with E-state index in [1.807, 2.05) is 24.3 Å². The van der Waals surface area contributed by atoms with Crippen molar-refractivity contribution in [2.45, 2.75) is 23.4 Å². The Bertz CT molecular complexity index is 1840. The lowest BCUT2D eigenvalue weighted by atomic mass is 10.0. The molecule has 39 heavy (non-hydrogen) atoms. The van der Waals surface area contributed by atoms with Gasteiger partial charge in [-0.1, -0.05) is 48.2 Å². The lowest BCUT2D eigenvalue weighted by Gasteiger charge is -2.09. The molecule has 0 spiro atoms. The Morgan fingerprint density at radius 2 is 1.64 bits per heavy atom. The molecule has 1 aliphatic carbocycles. The van der Waals surface area contributed by atoms with E-state index in [0.717, 1.165) is 33.3 Å². The lowest BCUT2D eigenvalue weighted by molar-refractivity contribution is -0.115. The monoisotopic (exact) mass is 555 g/mol. The zero-order valence-electron chi connectivity index (χ0n) is 20.6. The highest BCUT2D eigenvalue weighted by Gasteiger charge is 2.25. The maximum Gasteiger partial charge on any atom is 0.264 e. The first kappa shape index (κ1) is 24.9. The number of carbonyl (C=O) groups excluding carboxylic acids is 1. The van der Waals surface area contributed by atoms with Crippen LogP contribution in [0.4, 0.5) is 11.6 Å². The van der Waals surface area contributed by atoms with Crippen molar-refractivity contribution in [3.8, 4) is 22.5 Å². The predicted octanol–water partition coefficient (Wildman–Crippen LogP) is 4.69. The number of thioether (sulfide) groups is 1. The number of aromatic nitrogens is 5. The summed E-state index contributed by atoms with van der Waals surface area (Å²) in [5.74, 6) is 0.237. The lowest BCUT2D eigenvalue weighted by Crippen LogP contribution is -2.16. The van der Waals surface area contributed by atoms with Gasteiger partial charge in [0.25, 0.3) is 10.0 Å². The SMILES string of the molecule is Cc1ccnc(NS(=O)(=O)c2ccc(NC(=O)CCSc3nnc4c(n3)-c3cccc5cccc-4c35)cc2)n1. The van der Waals surface area contributed by atoms with Crippen LogP contribution in [0, 0.1) is 6.92 Å². The van der Waals surface area contributed by atoms with Crippen LogP contribution >= 0.6 is 11.8 Å². The summed E-state index contributed by atoms with van der Waals surface area (Å²) in [5, 5.41) is 14.3. The van der Waals surface area contributed by atoms with E-state index in [1.165, 1.54) is 42.2 Å². The molecule has 2 heterocycles. The van der Waals surface area contributed by atoms with Gasteiger partial charge in [-0.15, -0.1) is 10.2 Å². The van der Waals surface area contributed by atoms with Crippen LogP contribution in [-0.4, -0.2) is 45.2 Å². The maximum atomic E-state index is 12.6. The fourth-order valence-corrected chi connectivity index (χ4v) is 6.01. The Morgan fingerprint density at radius 1 is 0.897 bits per heavy atom. The molecular formula is C27H21N7O3S2. The van der Waals surface area contributed by atoms with Crippen molar-refractivity contribution in [3.05, 3.63) is 78.6 Å². The highest BCUT2D eigenvalue weighted by atomic mass is 32.2. The maximum absolute atomic E-state index is 12.6. The van der Waals surface area contributed by atoms with E-state index in [4.69, 9.17) is 4.98 Å². The largest absolute Gasteiger partial charge is 0.326 e. The third-order valence-corrected chi connectivity index (χ3v) is 8.29. The molecule has 6 rings (SSSR count). The van der Waals surface area contributed by atoms with Crippen molar-refractivity contribution in [2.24, 2.45) is 0 Å². The molecule has 0 saturated carbocycles. The number of hydrogen-bond donors (Lipinski definition) is 2. The van der Waals surface area contributed by atoms with E-state index in [1.54, 1.807) is 13.0 Å². The number of anilines is 2. The van der Waals surface area contributed by atoms with Crippen molar-refractivity contribution >= 4 is 50.1 Å². The zero-order valence-corrected chi connectivity index (χ0v) is 22.3. The molecule has 1 amide bonds. The molecule has 12 heteroatoms. The summed E-state index contributed by atoms with van der Waals surface area (Å²) >= 11 is 1.36. The first-order valence-electron chi connectivity index (χ1n) is 12.0. The standard InChI is InChI=1S/C27H21N7O3S2/c1-16-12-14-28-26(29-16)34-39(36,37)19-10-8-18(9-11-19)30-22(35)13-15-38-27-31-24-20-6-2-4-17-5-3-7-21(23(17)20)25(24)32-33-27/h2-12,14H,13,15H2,1H3,(H,30,35)(H,28,29,34). The average Bonchev–Trinajstić information content (AvgIpc) is 3.24. The Labute approximate surface area is 228 Å². The number of fused-ring (bicyclic) bond motifs is 3. The molecule has 10 nitrogen and oxygen atoms in total. The van der Waals surface area contributed by atoms with Gasteiger partial charge in [-0.05, 0) is 42.6 Å². The van der Waals surface area contributed by atoms with Gasteiger partial charge in [-0.25, -0.2) is 28.1 Å². The summed E-state index contributed by atoms with van der Waals surface area (Å²) in [5.41, 5.74) is 4.78. The number of benzene rings is 3. The topological polar surface area (TPSA) is 140 Å².